The number of carbonyl (C=O) groups excluding carboxylic acids is 1. The lowest BCUT2D eigenvalue weighted by molar-refractivity contribution is 0.0988. The lowest BCUT2D eigenvalue weighted by Gasteiger charge is -2.08. The Kier molecular flexibility index (Phi) is 4.09. The quantitative estimate of drug-likeness (QED) is 0.890. The summed E-state index contributed by atoms with van der Waals surface area (Å²) in [5, 5.41) is 0. The van der Waals surface area contributed by atoms with Crippen LogP contribution < -0.4 is 15.2 Å². The molecule has 20 heavy (non-hydrogen) atoms. The van der Waals surface area contributed by atoms with E-state index in [1.165, 1.54) is 0 Å². The van der Waals surface area contributed by atoms with Gasteiger partial charge in [-0.3, -0.25) is 4.79 Å². The number of nitrogens with two attached hydrogens (primary N) is 1. The van der Waals surface area contributed by atoms with E-state index in [2.05, 4.69) is 9.97 Å². The minimum atomic E-state index is -0.905. The van der Waals surface area contributed by atoms with Gasteiger partial charge in [0.1, 0.15) is 12.4 Å². The zero-order valence-electron chi connectivity index (χ0n) is 10.7. The number of primary amides is 1. The number of methoxy groups -OCH3 is 1. The molecule has 0 spiro atoms. The number of halogens is 1. The van der Waals surface area contributed by atoms with Crippen LogP contribution in [-0.2, 0) is 6.61 Å². The van der Waals surface area contributed by atoms with E-state index in [9.17, 15) is 9.18 Å². The highest BCUT2D eigenvalue weighted by atomic mass is 19.1. The SMILES string of the molecule is COc1cccc(COc2ncc(F)nc2C(N)=O)c1. The third-order valence-electron chi connectivity index (χ3n) is 2.45. The van der Waals surface area contributed by atoms with Crippen LogP contribution >= 0.6 is 0 Å². The van der Waals surface area contributed by atoms with Crippen molar-refractivity contribution >= 4 is 5.91 Å². The van der Waals surface area contributed by atoms with E-state index in [0.717, 1.165) is 11.8 Å². The van der Waals surface area contributed by atoms with E-state index in [-0.39, 0.29) is 18.2 Å². The van der Waals surface area contributed by atoms with Crippen molar-refractivity contribution in [1.29, 1.82) is 0 Å². The molecule has 0 unspecified atom stereocenters. The van der Waals surface area contributed by atoms with E-state index in [4.69, 9.17) is 15.2 Å². The Bertz CT molecular complexity index is 634. The Labute approximate surface area is 114 Å². The van der Waals surface area contributed by atoms with Crippen molar-refractivity contribution in [2.45, 2.75) is 6.61 Å². The zero-order valence-corrected chi connectivity index (χ0v) is 10.7. The Morgan fingerprint density at radius 1 is 1.45 bits per heavy atom. The van der Waals surface area contributed by atoms with Gasteiger partial charge in [0, 0.05) is 0 Å². The number of benzene rings is 1. The Balaban J connectivity index is 2.16. The highest BCUT2D eigenvalue weighted by Crippen LogP contribution is 2.17. The average molecular weight is 277 g/mol. The van der Waals surface area contributed by atoms with Crippen molar-refractivity contribution in [2.75, 3.05) is 7.11 Å². The molecule has 0 fully saturated rings. The van der Waals surface area contributed by atoms with E-state index in [1.807, 2.05) is 6.07 Å². The number of nitrogens with zero attached hydrogens (tertiary/aromatic N) is 2. The van der Waals surface area contributed by atoms with Crippen LogP contribution in [0.15, 0.2) is 30.5 Å². The van der Waals surface area contributed by atoms with Crippen molar-refractivity contribution in [3.8, 4) is 11.6 Å². The van der Waals surface area contributed by atoms with Crippen LogP contribution in [0.2, 0.25) is 0 Å². The fourth-order valence-corrected chi connectivity index (χ4v) is 1.54. The molecule has 0 radical (unpaired) electrons. The molecule has 0 atom stereocenters. The normalized spacial score (nSPS) is 10.1. The first-order valence-corrected chi connectivity index (χ1v) is 5.68. The summed E-state index contributed by atoms with van der Waals surface area (Å²) >= 11 is 0. The van der Waals surface area contributed by atoms with E-state index >= 15 is 0 Å². The standard InChI is InChI=1S/C13H12FN3O3/c1-19-9-4-2-3-8(5-9)7-20-13-11(12(15)18)17-10(14)6-16-13/h2-6H,7H2,1H3,(H2,15,18). The van der Waals surface area contributed by atoms with Gasteiger partial charge >= 0.3 is 0 Å². The highest BCUT2D eigenvalue weighted by molar-refractivity contribution is 5.92. The van der Waals surface area contributed by atoms with Crippen molar-refractivity contribution < 1.29 is 18.7 Å². The van der Waals surface area contributed by atoms with Crippen molar-refractivity contribution in [3.63, 3.8) is 0 Å². The summed E-state index contributed by atoms with van der Waals surface area (Å²) in [6.45, 7) is 0.123. The number of amides is 1. The molecule has 1 amide bonds. The van der Waals surface area contributed by atoms with Gasteiger partial charge in [-0.15, -0.1) is 0 Å². The number of hydrogen-bond acceptors (Lipinski definition) is 5. The molecule has 1 aromatic carbocycles. The number of hydrogen-bond donors (Lipinski definition) is 1. The average Bonchev–Trinajstić information content (AvgIpc) is 2.46. The summed E-state index contributed by atoms with van der Waals surface area (Å²) in [5.74, 6) is -1.24. The van der Waals surface area contributed by atoms with Crippen molar-refractivity contribution in [3.05, 3.63) is 47.7 Å². The molecule has 1 heterocycles. The van der Waals surface area contributed by atoms with Crippen LogP contribution in [0.25, 0.3) is 0 Å². The monoisotopic (exact) mass is 277 g/mol. The van der Waals surface area contributed by atoms with Crippen LogP contribution in [0.1, 0.15) is 16.1 Å². The van der Waals surface area contributed by atoms with Crippen LogP contribution in [0.5, 0.6) is 11.6 Å². The molecule has 0 aliphatic rings. The van der Waals surface area contributed by atoms with Crippen LogP contribution in [0.4, 0.5) is 4.39 Å². The maximum absolute atomic E-state index is 12.9. The Morgan fingerprint density at radius 3 is 2.95 bits per heavy atom. The third kappa shape index (κ3) is 3.19. The topological polar surface area (TPSA) is 87.3 Å². The zero-order chi connectivity index (χ0) is 14.5. The number of carbonyl (C=O) groups is 1. The molecule has 2 rings (SSSR count). The molecule has 2 N–H and O–H groups in total. The molecule has 104 valence electrons. The Morgan fingerprint density at radius 2 is 2.25 bits per heavy atom. The van der Waals surface area contributed by atoms with E-state index in [1.54, 1.807) is 25.3 Å². The molecule has 0 aliphatic carbocycles. The molecule has 0 aliphatic heterocycles. The predicted octanol–water partition coefficient (Wildman–Crippen LogP) is 1.30. The fraction of sp³-hybridized carbons (Fsp3) is 0.154. The summed E-state index contributed by atoms with van der Waals surface area (Å²) in [4.78, 5) is 18.2. The van der Waals surface area contributed by atoms with E-state index < -0.39 is 11.9 Å². The third-order valence-corrected chi connectivity index (χ3v) is 2.45. The van der Waals surface area contributed by atoms with Crippen LogP contribution in [0.3, 0.4) is 0 Å². The summed E-state index contributed by atoms with van der Waals surface area (Å²) in [6.07, 6.45) is 0.855. The molecule has 6 nitrogen and oxygen atoms in total. The molecule has 1 aromatic heterocycles. The van der Waals surface area contributed by atoms with Crippen LogP contribution in [-0.4, -0.2) is 23.0 Å². The second kappa shape index (κ2) is 5.96. The fourth-order valence-electron chi connectivity index (χ4n) is 1.54. The van der Waals surface area contributed by atoms with Gasteiger partial charge in [0.05, 0.1) is 13.3 Å². The second-order valence-electron chi connectivity index (χ2n) is 3.85. The first-order valence-electron chi connectivity index (χ1n) is 5.68. The smallest absolute Gasteiger partial charge is 0.273 e. The lowest BCUT2D eigenvalue weighted by atomic mass is 10.2. The van der Waals surface area contributed by atoms with Gasteiger partial charge in [0.15, 0.2) is 5.69 Å². The van der Waals surface area contributed by atoms with Crippen molar-refractivity contribution in [2.24, 2.45) is 5.73 Å². The predicted molar refractivity (Wildman–Crippen MR) is 67.8 cm³/mol. The molecule has 0 bridgehead atoms. The molecule has 7 heteroatoms. The van der Waals surface area contributed by atoms with Gasteiger partial charge < -0.3 is 15.2 Å². The van der Waals surface area contributed by atoms with Crippen LogP contribution in [0, 0.1) is 5.95 Å². The number of aromatic nitrogens is 2. The molecule has 2 aromatic rings. The van der Waals surface area contributed by atoms with Gasteiger partial charge in [-0.05, 0) is 17.7 Å². The van der Waals surface area contributed by atoms with Gasteiger partial charge in [0.2, 0.25) is 11.8 Å². The minimum absolute atomic E-state index is 0.110. The summed E-state index contributed by atoms with van der Waals surface area (Å²) in [6, 6.07) is 7.16. The lowest BCUT2D eigenvalue weighted by Crippen LogP contribution is -2.17. The van der Waals surface area contributed by atoms with Gasteiger partial charge in [-0.1, -0.05) is 12.1 Å². The largest absolute Gasteiger partial charge is 0.497 e. The molecule has 0 saturated carbocycles. The first kappa shape index (κ1) is 13.7. The minimum Gasteiger partial charge on any atom is -0.497 e. The maximum atomic E-state index is 12.9. The number of rotatable bonds is 5. The van der Waals surface area contributed by atoms with Gasteiger partial charge in [-0.25, -0.2) is 9.97 Å². The van der Waals surface area contributed by atoms with Gasteiger partial charge in [0.25, 0.3) is 5.91 Å². The first-order chi connectivity index (χ1) is 9.60. The van der Waals surface area contributed by atoms with Crippen molar-refractivity contribution in [1.82, 2.24) is 9.97 Å². The summed E-state index contributed by atoms with van der Waals surface area (Å²) in [5.41, 5.74) is 5.55. The summed E-state index contributed by atoms with van der Waals surface area (Å²) < 4.78 is 23.3. The van der Waals surface area contributed by atoms with Gasteiger partial charge in [-0.2, -0.15) is 4.39 Å². The number of ether oxygens (including phenoxy) is 2. The molecular weight excluding hydrogens is 265 g/mol. The van der Waals surface area contributed by atoms with E-state index in [0.29, 0.717) is 5.75 Å². The summed E-state index contributed by atoms with van der Waals surface area (Å²) in [7, 11) is 1.55. The Hall–Kier alpha value is -2.70. The maximum Gasteiger partial charge on any atom is 0.273 e. The second-order valence-corrected chi connectivity index (χ2v) is 3.85. The molecule has 0 saturated heterocycles. The highest BCUT2D eigenvalue weighted by Gasteiger charge is 2.14. The molecular formula is C13H12FN3O3.